The highest BCUT2D eigenvalue weighted by atomic mass is 16.2. The van der Waals surface area contributed by atoms with Gasteiger partial charge in [-0.1, -0.05) is 26.0 Å². The van der Waals surface area contributed by atoms with E-state index in [0.29, 0.717) is 6.04 Å². The summed E-state index contributed by atoms with van der Waals surface area (Å²) in [6, 6.07) is 0.351. The molecule has 1 N–H and O–H groups in total. The van der Waals surface area contributed by atoms with E-state index in [0.717, 1.165) is 25.8 Å². The molecule has 90 valence electrons. The van der Waals surface area contributed by atoms with Gasteiger partial charge < -0.3 is 10.2 Å². The van der Waals surface area contributed by atoms with Crippen LogP contribution in [0.5, 0.6) is 0 Å². The average molecular weight is 222 g/mol. The first-order valence-electron chi connectivity index (χ1n) is 6.18. The molecule has 1 fully saturated rings. The van der Waals surface area contributed by atoms with Crippen LogP contribution in [0.15, 0.2) is 12.2 Å². The van der Waals surface area contributed by atoms with E-state index in [9.17, 15) is 4.79 Å². The van der Waals surface area contributed by atoms with Gasteiger partial charge in [0.05, 0.1) is 12.1 Å². The lowest BCUT2D eigenvalue weighted by molar-refractivity contribution is -0.134. The van der Waals surface area contributed by atoms with E-state index in [4.69, 9.17) is 0 Å². The van der Waals surface area contributed by atoms with Gasteiger partial charge >= 0.3 is 0 Å². The van der Waals surface area contributed by atoms with Crippen molar-refractivity contribution in [1.82, 2.24) is 10.2 Å². The highest BCUT2D eigenvalue weighted by molar-refractivity contribution is 5.83. The summed E-state index contributed by atoms with van der Waals surface area (Å²) in [4.78, 5) is 14.4. The average Bonchev–Trinajstić information content (AvgIpc) is 2.26. The molecule has 0 saturated carbocycles. The number of carbonyl (C=O) groups is 1. The van der Waals surface area contributed by atoms with Crippen LogP contribution < -0.4 is 5.32 Å². The fraction of sp³-hybridized carbons (Fsp3) is 0.769. The maximum Gasteiger partial charge on any atom is 0.240 e. The van der Waals surface area contributed by atoms with E-state index < -0.39 is 0 Å². The molecule has 16 heavy (non-hydrogen) atoms. The lowest BCUT2D eigenvalue weighted by Crippen LogP contribution is -2.49. The SMILES string of the molecule is CNC1CC(C)(C)CCN(C2C=CC2)C1=O. The topological polar surface area (TPSA) is 32.3 Å². The Hall–Kier alpha value is -0.830. The molecule has 1 aliphatic carbocycles. The zero-order chi connectivity index (χ0) is 11.8. The zero-order valence-electron chi connectivity index (χ0n) is 10.5. The summed E-state index contributed by atoms with van der Waals surface area (Å²) < 4.78 is 0. The molecule has 1 aliphatic heterocycles. The molecule has 0 spiro atoms. The van der Waals surface area contributed by atoms with E-state index in [1.165, 1.54) is 0 Å². The van der Waals surface area contributed by atoms with Crippen LogP contribution in [-0.4, -0.2) is 36.5 Å². The Bertz CT molecular complexity index is 309. The van der Waals surface area contributed by atoms with Crippen molar-refractivity contribution in [3.05, 3.63) is 12.2 Å². The van der Waals surface area contributed by atoms with Gasteiger partial charge in [-0.3, -0.25) is 4.79 Å². The molecule has 1 heterocycles. The van der Waals surface area contributed by atoms with Crippen molar-refractivity contribution < 1.29 is 4.79 Å². The van der Waals surface area contributed by atoms with Crippen molar-refractivity contribution in [3.63, 3.8) is 0 Å². The highest BCUT2D eigenvalue weighted by Crippen LogP contribution is 2.32. The molecule has 2 unspecified atom stereocenters. The molecular formula is C13H22N2O. The monoisotopic (exact) mass is 222 g/mol. The minimum atomic E-state index is -0.00787. The van der Waals surface area contributed by atoms with Crippen LogP contribution in [-0.2, 0) is 4.79 Å². The van der Waals surface area contributed by atoms with Gasteiger partial charge in [0, 0.05) is 6.54 Å². The van der Waals surface area contributed by atoms with Crippen LogP contribution in [0.1, 0.15) is 33.1 Å². The summed E-state index contributed by atoms with van der Waals surface area (Å²) in [5.74, 6) is 0.280. The fourth-order valence-corrected chi connectivity index (χ4v) is 2.52. The highest BCUT2D eigenvalue weighted by Gasteiger charge is 2.37. The first kappa shape index (κ1) is 11.6. The number of nitrogens with one attached hydrogen (secondary N) is 1. The van der Waals surface area contributed by atoms with E-state index in [2.05, 4.69) is 36.2 Å². The standard InChI is InChI=1S/C13H22N2O/c1-13(2)7-8-15(10-5-4-6-10)12(16)11(9-13)14-3/h4-5,10-11,14H,6-9H2,1-3H3. The van der Waals surface area contributed by atoms with Gasteiger partial charge in [-0.05, 0) is 31.7 Å². The second-order valence-electron chi connectivity index (χ2n) is 5.72. The number of likely N-dealkylation sites (tertiary alicyclic amines) is 1. The minimum Gasteiger partial charge on any atom is -0.335 e. The Morgan fingerprint density at radius 1 is 1.50 bits per heavy atom. The van der Waals surface area contributed by atoms with Gasteiger partial charge in [0.1, 0.15) is 0 Å². The van der Waals surface area contributed by atoms with E-state index in [1.54, 1.807) is 0 Å². The smallest absolute Gasteiger partial charge is 0.240 e. The first-order chi connectivity index (χ1) is 7.53. The van der Waals surface area contributed by atoms with Crippen molar-refractivity contribution in [3.8, 4) is 0 Å². The number of amides is 1. The van der Waals surface area contributed by atoms with Gasteiger partial charge in [-0.25, -0.2) is 0 Å². The maximum atomic E-state index is 12.3. The van der Waals surface area contributed by atoms with Crippen LogP contribution in [0.25, 0.3) is 0 Å². The van der Waals surface area contributed by atoms with Gasteiger partial charge in [0.25, 0.3) is 0 Å². The third kappa shape index (κ3) is 2.14. The Morgan fingerprint density at radius 2 is 2.19 bits per heavy atom. The summed E-state index contributed by atoms with van der Waals surface area (Å²) in [5, 5.41) is 3.17. The minimum absolute atomic E-state index is 0.00787. The predicted octanol–water partition coefficient (Wildman–Crippen LogP) is 1.55. The number of hydrogen-bond acceptors (Lipinski definition) is 2. The molecule has 0 aromatic carbocycles. The second kappa shape index (κ2) is 4.21. The maximum absolute atomic E-state index is 12.3. The number of rotatable bonds is 2. The molecule has 2 aliphatic rings. The second-order valence-corrected chi connectivity index (χ2v) is 5.72. The number of nitrogens with zero attached hydrogens (tertiary/aromatic N) is 1. The summed E-state index contributed by atoms with van der Waals surface area (Å²) >= 11 is 0. The molecule has 0 bridgehead atoms. The number of likely N-dealkylation sites (N-methyl/N-ethyl adjacent to an activating group) is 1. The summed E-state index contributed by atoms with van der Waals surface area (Å²) in [7, 11) is 1.89. The predicted molar refractivity (Wildman–Crippen MR) is 65.1 cm³/mol. The lowest BCUT2D eigenvalue weighted by Gasteiger charge is -2.33. The van der Waals surface area contributed by atoms with Crippen molar-refractivity contribution in [2.75, 3.05) is 13.6 Å². The van der Waals surface area contributed by atoms with Crippen LogP contribution in [0.3, 0.4) is 0 Å². The van der Waals surface area contributed by atoms with E-state index in [1.807, 2.05) is 7.05 Å². The third-order valence-corrected chi connectivity index (χ3v) is 3.85. The summed E-state index contributed by atoms with van der Waals surface area (Å²) in [6.07, 6.45) is 7.35. The molecule has 2 atom stereocenters. The molecule has 1 saturated heterocycles. The molecule has 0 aromatic heterocycles. The molecule has 0 radical (unpaired) electrons. The zero-order valence-corrected chi connectivity index (χ0v) is 10.5. The Labute approximate surface area is 97.9 Å². The van der Waals surface area contributed by atoms with E-state index >= 15 is 0 Å². The number of carbonyl (C=O) groups excluding carboxylic acids is 1. The molecule has 3 nitrogen and oxygen atoms in total. The summed E-state index contributed by atoms with van der Waals surface area (Å²) in [5.41, 5.74) is 0.256. The van der Waals surface area contributed by atoms with Crippen LogP contribution >= 0.6 is 0 Å². The van der Waals surface area contributed by atoms with Crippen LogP contribution in [0, 0.1) is 5.41 Å². The quantitative estimate of drug-likeness (QED) is 0.719. The normalized spacial score (nSPS) is 33.4. The Balaban J connectivity index is 2.15. The Kier molecular flexibility index (Phi) is 3.06. The van der Waals surface area contributed by atoms with Crippen molar-refractivity contribution >= 4 is 5.91 Å². The van der Waals surface area contributed by atoms with Gasteiger partial charge in [0.15, 0.2) is 0 Å². The van der Waals surface area contributed by atoms with Crippen molar-refractivity contribution in [2.45, 2.75) is 45.2 Å². The molecule has 2 rings (SSSR count). The molecule has 3 heteroatoms. The van der Waals surface area contributed by atoms with Gasteiger partial charge in [0.2, 0.25) is 5.91 Å². The molecule has 0 aromatic rings. The summed E-state index contributed by atoms with van der Waals surface area (Å²) in [6.45, 7) is 5.41. The number of hydrogen-bond donors (Lipinski definition) is 1. The molecule has 1 amide bonds. The van der Waals surface area contributed by atoms with Gasteiger partial charge in [-0.15, -0.1) is 0 Å². The van der Waals surface area contributed by atoms with Crippen molar-refractivity contribution in [2.24, 2.45) is 5.41 Å². The van der Waals surface area contributed by atoms with Crippen LogP contribution in [0.2, 0.25) is 0 Å². The fourth-order valence-electron chi connectivity index (χ4n) is 2.52. The molecular weight excluding hydrogens is 200 g/mol. The largest absolute Gasteiger partial charge is 0.335 e. The van der Waals surface area contributed by atoms with Gasteiger partial charge in [-0.2, -0.15) is 0 Å². The Morgan fingerprint density at radius 3 is 2.69 bits per heavy atom. The van der Waals surface area contributed by atoms with E-state index in [-0.39, 0.29) is 17.4 Å². The third-order valence-electron chi connectivity index (χ3n) is 3.85. The van der Waals surface area contributed by atoms with Crippen molar-refractivity contribution in [1.29, 1.82) is 0 Å². The first-order valence-corrected chi connectivity index (χ1v) is 6.18. The lowest BCUT2D eigenvalue weighted by atomic mass is 9.83. The van der Waals surface area contributed by atoms with Crippen LogP contribution in [0.4, 0.5) is 0 Å².